The topological polar surface area (TPSA) is 110 Å². The number of hydrogen-bond donors (Lipinski definition) is 1. The molecule has 0 fully saturated rings. The molecule has 26 heavy (non-hydrogen) atoms. The monoisotopic (exact) mass is 372 g/mol. The zero-order chi connectivity index (χ0) is 18.7. The van der Waals surface area contributed by atoms with E-state index < -0.39 is 5.91 Å². The molecule has 0 unspecified atom stereocenters. The first-order valence-corrected chi connectivity index (χ1v) is 8.52. The molecule has 1 aromatic carbocycles. The van der Waals surface area contributed by atoms with Gasteiger partial charge >= 0.3 is 0 Å². The number of nitrogens with zero attached hydrogens (tertiary/aromatic N) is 5. The lowest BCUT2D eigenvalue weighted by Crippen LogP contribution is -2.27. The maximum Gasteiger partial charge on any atom is 0.261 e. The molecule has 0 aliphatic rings. The molecule has 0 radical (unpaired) electrons. The molecule has 0 saturated heterocycles. The molecule has 0 aliphatic carbocycles. The number of para-hydroxylation sites is 1. The summed E-state index contributed by atoms with van der Waals surface area (Å²) >= 11 is 1.12. The van der Waals surface area contributed by atoms with E-state index in [4.69, 9.17) is 0 Å². The van der Waals surface area contributed by atoms with Crippen LogP contribution in [-0.2, 0) is 22.6 Å². The molecule has 10 heteroatoms. The molecule has 9 nitrogen and oxygen atoms in total. The van der Waals surface area contributed by atoms with Gasteiger partial charge in [0.25, 0.3) is 5.56 Å². The van der Waals surface area contributed by atoms with Crippen LogP contribution in [0.1, 0.15) is 5.01 Å². The summed E-state index contributed by atoms with van der Waals surface area (Å²) in [5, 5.41) is 11.5. The Labute approximate surface area is 152 Å². The van der Waals surface area contributed by atoms with Gasteiger partial charge in [0.2, 0.25) is 16.9 Å². The summed E-state index contributed by atoms with van der Waals surface area (Å²) in [5.41, 5.74) is 0.286. The predicted octanol–water partition coefficient (Wildman–Crippen LogP) is 0.517. The SMILES string of the molecule is CN(C)C(=O)Cc1nnc(NC(=O)Cn2cnc3ccccc3c2=O)s1. The molecular weight excluding hydrogens is 356 g/mol. The van der Waals surface area contributed by atoms with Gasteiger partial charge in [-0.05, 0) is 12.1 Å². The zero-order valence-electron chi connectivity index (χ0n) is 14.2. The minimum atomic E-state index is -0.425. The van der Waals surface area contributed by atoms with E-state index in [9.17, 15) is 14.4 Å². The van der Waals surface area contributed by atoms with E-state index in [-0.39, 0.29) is 29.6 Å². The largest absolute Gasteiger partial charge is 0.348 e. The highest BCUT2D eigenvalue weighted by atomic mass is 32.1. The Balaban J connectivity index is 1.68. The van der Waals surface area contributed by atoms with E-state index >= 15 is 0 Å². The number of aromatic nitrogens is 4. The predicted molar refractivity (Wildman–Crippen MR) is 96.9 cm³/mol. The van der Waals surface area contributed by atoms with Crippen LogP contribution in [0.15, 0.2) is 35.4 Å². The van der Waals surface area contributed by atoms with Crippen LogP contribution in [0.25, 0.3) is 10.9 Å². The second kappa shape index (κ2) is 7.40. The molecule has 2 amide bonds. The molecule has 1 N–H and O–H groups in total. The molecule has 0 spiro atoms. The maximum absolute atomic E-state index is 12.4. The first-order valence-electron chi connectivity index (χ1n) is 7.70. The number of likely N-dealkylation sites (N-methyl/N-ethyl adjacent to an activating group) is 1. The molecule has 0 bridgehead atoms. The van der Waals surface area contributed by atoms with Crippen molar-refractivity contribution in [3.8, 4) is 0 Å². The average molecular weight is 372 g/mol. The number of amides is 2. The number of benzene rings is 1. The summed E-state index contributed by atoms with van der Waals surface area (Å²) in [5.74, 6) is -0.529. The van der Waals surface area contributed by atoms with E-state index in [0.29, 0.717) is 15.9 Å². The van der Waals surface area contributed by atoms with Gasteiger partial charge in [-0.15, -0.1) is 10.2 Å². The van der Waals surface area contributed by atoms with Crippen molar-refractivity contribution in [1.29, 1.82) is 0 Å². The Bertz CT molecular complexity index is 1030. The Morgan fingerprint density at radius 1 is 1.23 bits per heavy atom. The van der Waals surface area contributed by atoms with Crippen LogP contribution in [0.5, 0.6) is 0 Å². The average Bonchev–Trinajstić information content (AvgIpc) is 3.04. The number of carbonyl (C=O) groups is 2. The second-order valence-electron chi connectivity index (χ2n) is 5.71. The van der Waals surface area contributed by atoms with Crippen LogP contribution in [0.3, 0.4) is 0 Å². The van der Waals surface area contributed by atoms with E-state index in [1.165, 1.54) is 15.8 Å². The molecule has 2 aromatic heterocycles. The molecule has 2 heterocycles. The lowest BCUT2D eigenvalue weighted by Gasteiger charge is -2.07. The van der Waals surface area contributed by atoms with Crippen molar-refractivity contribution in [3.63, 3.8) is 0 Å². The zero-order valence-corrected chi connectivity index (χ0v) is 15.0. The van der Waals surface area contributed by atoms with E-state index in [0.717, 1.165) is 11.3 Å². The lowest BCUT2D eigenvalue weighted by atomic mass is 10.2. The fourth-order valence-corrected chi connectivity index (χ4v) is 2.94. The molecular formula is C16H16N6O3S. The molecule has 0 aliphatic heterocycles. The normalized spacial score (nSPS) is 10.7. The van der Waals surface area contributed by atoms with Gasteiger partial charge in [-0.25, -0.2) is 4.98 Å². The molecule has 134 valence electrons. The number of anilines is 1. The summed E-state index contributed by atoms with van der Waals surface area (Å²) in [6, 6.07) is 6.93. The summed E-state index contributed by atoms with van der Waals surface area (Å²) in [7, 11) is 3.31. The minimum absolute atomic E-state index is 0.104. The third-order valence-corrected chi connectivity index (χ3v) is 4.40. The van der Waals surface area contributed by atoms with Crippen molar-refractivity contribution in [2.24, 2.45) is 0 Å². The summed E-state index contributed by atoms with van der Waals surface area (Å²) in [6.45, 7) is -0.192. The van der Waals surface area contributed by atoms with Gasteiger partial charge in [0.1, 0.15) is 11.6 Å². The maximum atomic E-state index is 12.4. The number of hydrogen-bond acceptors (Lipinski definition) is 7. The molecule has 0 saturated carbocycles. The number of carbonyl (C=O) groups excluding carboxylic acids is 2. The number of nitrogens with one attached hydrogen (secondary N) is 1. The van der Waals surface area contributed by atoms with Gasteiger partial charge in [0, 0.05) is 14.1 Å². The molecule has 3 aromatic rings. The fourth-order valence-electron chi connectivity index (χ4n) is 2.20. The van der Waals surface area contributed by atoms with Gasteiger partial charge in [0.05, 0.1) is 23.7 Å². The molecule has 0 atom stereocenters. The van der Waals surface area contributed by atoms with Crippen LogP contribution in [0.4, 0.5) is 5.13 Å². The lowest BCUT2D eigenvalue weighted by molar-refractivity contribution is -0.128. The van der Waals surface area contributed by atoms with Crippen molar-refractivity contribution in [1.82, 2.24) is 24.6 Å². The van der Waals surface area contributed by atoms with Crippen molar-refractivity contribution in [3.05, 3.63) is 46.0 Å². The highest BCUT2D eigenvalue weighted by Gasteiger charge is 2.13. The second-order valence-corrected chi connectivity index (χ2v) is 6.77. The van der Waals surface area contributed by atoms with E-state index in [2.05, 4.69) is 20.5 Å². The van der Waals surface area contributed by atoms with Gasteiger partial charge in [0.15, 0.2) is 0 Å². The first kappa shape index (κ1) is 17.7. The third-order valence-electron chi connectivity index (χ3n) is 3.56. The van der Waals surface area contributed by atoms with Crippen molar-refractivity contribution in [2.75, 3.05) is 19.4 Å². The van der Waals surface area contributed by atoms with Gasteiger partial charge < -0.3 is 4.90 Å². The first-order chi connectivity index (χ1) is 12.4. The minimum Gasteiger partial charge on any atom is -0.348 e. The smallest absolute Gasteiger partial charge is 0.261 e. The van der Waals surface area contributed by atoms with Crippen LogP contribution >= 0.6 is 11.3 Å². The Morgan fingerprint density at radius 2 is 2.00 bits per heavy atom. The summed E-state index contributed by atoms with van der Waals surface area (Å²) in [6.07, 6.45) is 1.46. The van der Waals surface area contributed by atoms with Crippen LogP contribution in [-0.4, -0.2) is 50.6 Å². The van der Waals surface area contributed by atoms with Gasteiger partial charge in [-0.3, -0.25) is 24.3 Å². The highest BCUT2D eigenvalue weighted by molar-refractivity contribution is 7.15. The standard InChI is InChI=1S/C16H16N6O3S/c1-21(2)14(24)7-13-19-20-16(26-13)18-12(23)8-22-9-17-11-6-4-3-5-10(11)15(22)25/h3-6,9H,7-8H2,1-2H3,(H,18,20,23). The summed E-state index contributed by atoms with van der Waals surface area (Å²) in [4.78, 5) is 41.8. The van der Waals surface area contributed by atoms with Crippen LogP contribution in [0, 0.1) is 0 Å². The van der Waals surface area contributed by atoms with Gasteiger partial charge in [-0.2, -0.15) is 0 Å². The van der Waals surface area contributed by atoms with Crippen LogP contribution in [0.2, 0.25) is 0 Å². The molecule has 3 rings (SSSR count). The van der Waals surface area contributed by atoms with Crippen molar-refractivity contribution < 1.29 is 9.59 Å². The Morgan fingerprint density at radius 3 is 2.77 bits per heavy atom. The van der Waals surface area contributed by atoms with Crippen molar-refractivity contribution >= 4 is 39.2 Å². The Kier molecular flexibility index (Phi) is 5.03. The fraction of sp³-hybridized carbons (Fsp3) is 0.250. The van der Waals surface area contributed by atoms with E-state index in [1.807, 2.05) is 0 Å². The number of fused-ring (bicyclic) bond motifs is 1. The van der Waals surface area contributed by atoms with Gasteiger partial charge in [-0.1, -0.05) is 23.5 Å². The summed E-state index contributed by atoms with van der Waals surface area (Å²) < 4.78 is 1.23. The highest BCUT2D eigenvalue weighted by Crippen LogP contribution is 2.16. The Hall–Kier alpha value is -3.14. The number of rotatable bonds is 5. The van der Waals surface area contributed by atoms with E-state index in [1.54, 1.807) is 38.4 Å². The van der Waals surface area contributed by atoms with Crippen molar-refractivity contribution in [2.45, 2.75) is 13.0 Å². The third kappa shape index (κ3) is 3.91. The quantitative estimate of drug-likeness (QED) is 0.699. The van der Waals surface area contributed by atoms with Crippen LogP contribution < -0.4 is 10.9 Å².